The molecule has 1 fully saturated rings. The van der Waals surface area contributed by atoms with Crippen LogP contribution in [-0.2, 0) is 0 Å². The van der Waals surface area contributed by atoms with Crippen LogP contribution in [0.25, 0.3) is 0 Å². The van der Waals surface area contributed by atoms with Crippen molar-refractivity contribution < 1.29 is 0 Å². The highest BCUT2D eigenvalue weighted by Crippen LogP contribution is 2.23. The molecule has 0 aliphatic heterocycles. The first kappa shape index (κ1) is 10.0. The van der Waals surface area contributed by atoms with E-state index in [1.807, 2.05) is 0 Å². The Kier molecular flexibility index (Phi) is 5.37. The largest absolute Gasteiger partial charge is 0.258 e. The van der Waals surface area contributed by atoms with Gasteiger partial charge in [-0.1, -0.05) is 26.2 Å². The molecule has 0 atom stereocenters. The molecule has 0 amide bonds. The standard InChI is InChI=1S/C10H22N2/c1-2-3-8-11-12-9-10-6-4-5-7-10/h10-12H,2-9H2,1H3. The van der Waals surface area contributed by atoms with Crippen LogP contribution in [0.2, 0.25) is 0 Å². The van der Waals surface area contributed by atoms with Gasteiger partial charge < -0.3 is 0 Å². The van der Waals surface area contributed by atoms with Gasteiger partial charge in [0, 0.05) is 13.1 Å². The van der Waals surface area contributed by atoms with E-state index in [4.69, 9.17) is 0 Å². The summed E-state index contributed by atoms with van der Waals surface area (Å²) in [5.41, 5.74) is 6.58. The number of rotatable bonds is 6. The van der Waals surface area contributed by atoms with Crippen LogP contribution < -0.4 is 10.9 Å². The molecule has 1 aliphatic carbocycles. The highest BCUT2D eigenvalue weighted by molar-refractivity contribution is 4.68. The molecule has 0 bridgehead atoms. The fourth-order valence-electron chi connectivity index (χ4n) is 1.78. The monoisotopic (exact) mass is 170 g/mol. The van der Waals surface area contributed by atoms with Gasteiger partial charge in [0.25, 0.3) is 0 Å². The average Bonchev–Trinajstić information content (AvgIpc) is 2.57. The summed E-state index contributed by atoms with van der Waals surface area (Å²) in [6.07, 6.45) is 8.31. The zero-order valence-corrected chi connectivity index (χ0v) is 8.23. The number of hydrogen-bond acceptors (Lipinski definition) is 2. The molecule has 72 valence electrons. The fraction of sp³-hybridized carbons (Fsp3) is 1.00. The van der Waals surface area contributed by atoms with Gasteiger partial charge in [-0.2, -0.15) is 0 Å². The van der Waals surface area contributed by atoms with Gasteiger partial charge in [-0.25, -0.2) is 0 Å². The molecular weight excluding hydrogens is 148 g/mol. The minimum Gasteiger partial charge on any atom is -0.258 e. The molecule has 2 nitrogen and oxygen atoms in total. The Hall–Kier alpha value is -0.0800. The lowest BCUT2D eigenvalue weighted by molar-refractivity contribution is 0.430. The minimum absolute atomic E-state index is 0.944. The quantitative estimate of drug-likeness (QED) is 0.471. The van der Waals surface area contributed by atoms with Crippen molar-refractivity contribution in [3.8, 4) is 0 Å². The summed E-state index contributed by atoms with van der Waals surface area (Å²) >= 11 is 0. The van der Waals surface area contributed by atoms with E-state index >= 15 is 0 Å². The molecule has 0 unspecified atom stereocenters. The number of nitrogens with one attached hydrogen (secondary N) is 2. The number of hydrogen-bond donors (Lipinski definition) is 2. The Morgan fingerprint density at radius 1 is 1.17 bits per heavy atom. The summed E-state index contributed by atoms with van der Waals surface area (Å²) in [6.45, 7) is 4.51. The average molecular weight is 170 g/mol. The Morgan fingerprint density at radius 2 is 1.92 bits per heavy atom. The zero-order chi connectivity index (χ0) is 8.65. The highest BCUT2D eigenvalue weighted by Gasteiger charge is 2.13. The maximum atomic E-state index is 3.31. The van der Waals surface area contributed by atoms with E-state index in [1.165, 1.54) is 45.1 Å². The normalized spacial score (nSPS) is 18.8. The van der Waals surface area contributed by atoms with Crippen molar-refractivity contribution >= 4 is 0 Å². The van der Waals surface area contributed by atoms with Crippen LogP contribution >= 0.6 is 0 Å². The van der Waals surface area contributed by atoms with Gasteiger partial charge in [0.1, 0.15) is 0 Å². The van der Waals surface area contributed by atoms with Crippen molar-refractivity contribution in [2.24, 2.45) is 5.92 Å². The molecule has 0 aromatic heterocycles. The first-order valence-electron chi connectivity index (χ1n) is 5.39. The van der Waals surface area contributed by atoms with E-state index in [0.29, 0.717) is 0 Å². The van der Waals surface area contributed by atoms with Crippen molar-refractivity contribution in [1.82, 2.24) is 10.9 Å². The predicted octanol–water partition coefficient (Wildman–Crippen LogP) is 2.07. The van der Waals surface area contributed by atoms with E-state index in [2.05, 4.69) is 17.8 Å². The lowest BCUT2D eigenvalue weighted by Gasteiger charge is -2.10. The maximum Gasteiger partial charge on any atom is 0.0128 e. The summed E-state index contributed by atoms with van der Waals surface area (Å²) in [5, 5.41) is 0. The van der Waals surface area contributed by atoms with Crippen LogP contribution in [-0.4, -0.2) is 13.1 Å². The smallest absolute Gasteiger partial charge is 0.0128 e. The van der Waals surface area contributed by atoms with Crippen molar-refractivity contribution in [3.63, 3.8) is 0 Å². The molecule has 0 radical (unpaired) electrons. The third-order valence-electron chi connectivity index (χ3n) is 2.65. The summed E-state index contributed by atoms with van der Waals surface area (Å²) in [6, 6.07) is 0. The van der Waals surface area contributed by atoms with E-state index in [9.17, 15) is 0 Å². The van der Waals surface area contributed by atoms with Gasteiger partial charge in [0.15, 0.2) is 0 Å². The molecule has 1 saturated carbocycles. The number of hydrazine groups is 1. The lowest BCUT2D eigenvalue weighted by atomic mass is 10.1. The highest BCUT2D eigenvalue weighted by atomic mass is 15.3. The first-order chi connectivity index (χ1) is 5.93. The third kappa shape index (κ3) is 4.07. The first-order valence-corrected chi connectivity index (χ1v) is 5.39. The molecule has 1 rings (SSSR count). The van der Waals surface area contributed by atoms with Gasteiger partial charge in [-0.05, 0) is 25.2 Å². The van der Waals surface area contributed by atoms with E-state index in [-0.39, 0.29) is 0 Å². The molecule has 0 spiro atoms. The van der Waals surface area contributed by atoms with Crippen molar-refractivity contribution in [3.05, 3.63) is 0 Å². The summed E-state index contributed by atoms with van der Waals surface area (Å²) in [5.74, 6) is 0.944. The van der Waals surface area contributed by atoms with Crippen molar-refractivity contribution in [2.75, 3.05) is 13.1 Å². The van der Waals surface area contributed by atoms with Gasteiger partial charge in [0.2, 0.25) is 0 Å². The molecule has 0 aromatic carbocycles. The summed E-state index contributed by atoms with van der Waals surface area (Å²) < 4.78 is 0. The van der Waals surface area contributed by atoms with E-state index < -0.39 is 0 Å². The van der Waals surface area contributed by atoms with Gasteiger partial charge in [-0.15, -0.1) is 0 Å². The maximum absolute atomic E-state index is 3.31. The molecule has 0 saturated heterocycles. The zero-order valence-electron chi connectivity index (χ0n) is 8.23. The third-order valence-corrected chi connectivity index (χ3v) is 2.65. The fourth-order valence-corrected chi connectivity index (χ4v) is 1.78. The van der Waals surface area contributed by atoms with Crippen molar-refractivity contribution in [2.45, 2.75) is 45.4 Å². The molecule has 12 heavy (non-hydrogen) atoms. The summed E-state index contributed by atoms with van der Waals surface area (Å²) in [4.78, 5) is 0. The molecule has 2 heteroatoms. The number of unbranched alkanes of at least 4 members (excludes halogenated alkanes) is 1. The second kappa shape index (κ2) is 6.44. The molecule has 0 aromatic rings. The van der Waals surface area contributed by atoms with Gasteiger partial charge in [0.05, 0.1) is 0 Å². The van der Waals surface area contributed by atoms with Crippen LogP contribution in [0.15, 0.2) is 0 Å². The second-order valence-electron chi connectivity index (χ2n) is 3.81. The molecule has 0 heterocycles. The van der Waals surface area contributed by atoms with Crippen LogP contribution in [0.1, 0.15) is 45.4 Å². The Balaban J connectivity index is 1.81. The SMILES string of the molecule is CCCCNNCC1CCCC1. The van der Waals surface area contributed by atoms with Crippen molar-refractivity contribution in [1.29, 1.82) is 0 Å². The van der Waals surface area contributed by atoms with Gasteiger partial charge >= 0.3 is 0 Å². The van der Waals surface area contributed by atoms with Crippen LogP contribution in [0.3, 0.4) is 0 Å². The van der Waals surface area contributed by atoms with Gasteiger partial charge in [-0.3, -0.25) is 10.9 Å². The molecule has 2 N–H and O–H groups in total. The Morgan fingerprint density at radius 3 is 2.58 bits per heavy atom. The minimum atomic E-state index is 0.944. The lowest BCUT2D eigenvalue weighted by Crippen LogP contribution is -2.35. The second-order valence-corrected chi connectivity index (χ2v) is 3.81. The topological polar surface area (TPSA) is 24.1 Å². The predicted molar refractivity (Wildman–Crippen MR) is 52.9 cm³/mol. The van der Waals surface area contributed by atoms with Crippen LogP contribution in [0, 0.1) is 5.92 Å². The molecule has 1 aliphatic rings. The van der Waals surface area contributed by atoms with Crippen LogP contribution in [0.5, 0.6) is 0 Å². The Bertz CT molecular complexity index is 98.0. The van der Waals surface area contributed by atoms with Crippen LogP contribution in [0.4, 0.5) is 0 Å². The molecular formula is C10H22N2. The Labute approximate surface area is 76.1 Å². The van der Waals surface area contributed by atoms with E-state index in [0.717, 1.165) is 12.5 Å². The summed E-state index contributed by atoms with van der Waals surface area (Å²) in [7, 11) is 0. The van der Waals surface area contributed by atoms with E-state index in [1.54, 1.807) is 0 Å².